The normalized spacial score (nSPS) is 24.9. The summed E-state index contributed by atoms with van der Waals surface area (Å²) in [5.74, 6) is 0.243. The maximum Gasteiger partial charge on any atom is 0.332 e. The SMILES string of the molecule is CC1CC(C)N(S(=O)(=O)c2cccc(S(=O)(=O)F)c2)C1. The van der Waals surface area contributed by atoms with Crippen LogP contribution in [-0.4, -0.2) is 33.7 Å². The summed E-state index contributed by atoms with van der Waals surface area (Å²) in [7, 11) is -8.72. The summed E-state index contributed by atoms with van der Waals surface area (Å²) in [6.45, 7) is 4.14. The van der Waals surface area contributed by atoms with E-state index in [0.29, 0.717) is 6.54 Å². The van der Waals surface area contributed by atoms with E-state index >= 15 is 0 Å². The molecule has 0 amide bonds. The van der Waals surface area contributed by atoms with Gasteiger partial charge in [0.1, 0.15) is 0 Å². The first-order valence-electron chi connectivity index (χ1n) is 6.19. The summed E-state index contributed by atoms with van der Waals surface area (Å²) in [6.07, 6.45) is 0.750. The minimum atomic E-state index is -4.92. The highest BCUT2D eigenvalue weighted by molar-refractivity contribution is 7.89. The highest BCUT2D eigenvalue weighted by Crippen LogP contribution is 2.29. The minimum Gasteiger partial charge on any atom is -0.207 e. The lowest BCUT2D eigenvalue weighted by Crippen LogP contribution is -2.34. The molecule has 1 aromatic carbocycles. The third-order valence-electron chi connectivity index (χ3n) is 3.42. The van der Waals surface area contributed by atoms with E-state index in [4.69, 9.17) is 0 Å². The van der Waals surface area contributed by atoms with Crippen LogP contribution < -0.4 is 0 Å². The van der Waals surface area contributed by atoms with Gasteiger partial charge in [0.15, 0.2) is 0 Å². The standard InChI is InChI=1S/C12H16FNO4S2/c1-9-6-10(2)14(8-9)20(17,18)12-5-3-4-11(7-12)19(13,15)16/h3-5,7,9-10H,6,8H2,1-2H3. The van der Waals surface area contributed by atoms with E-state index in [0.717, 1.165) is 18.6 Å². The Bertz CT molecular complexity index is 715. The highest BCUT2D eigenvalue weighted by atomic mass is 32.3. The summed E-state index contributed by atoms with van der Waals surface area (Å²) >= 11 is 0. The van der Waals surface area contributed by atoms with Crippen LogP contribution in [0.3, 0.4) is 0 Å². The molecule has 0 spiro atoms. The predicted molar refractivity (Wildman–Crippen MR) is 71.9 cm³/mol. The Morgan fingerprint density at radius 3 is 2.25 bits per heavy atom. The van der Waals surface area contributed by atoms with Gasteiger partial charge in [-0.1, -0.05) is 13.0 Å². The molecule has 1 aliphatic heterocycles. The Kier molecular flexibility index (Phi) is 3.92. The first-order valence-corrected chi connectivity index (χ1v) is 9.01. The Morgan fingerprint density at radius 1 is 1.15 bits per heavy atom. The van der Waals surface area contributed by atoms with Crippen molar-refractivity contribution in [1.82, 2.24) is 4.31 Å². The molecule has 1 fully saturated rings. The van der Waals surface area contributed by atoms with E-state index in [2.05, 4.69) is 0 Å². The predicted octanol–water partition coefficient (Wildman–Crippen LogP) is 1.76. The van der Waals surface area contributed by atoms with Gasteiger partial charge < -0.3 is 0 Å². The maximum absolute atomic E-state index is 13.0. The van der Waals surface area contributed by atoms with E-state index in [9.17, 15) is 20.7 Å². The minimum absolute atomic E-state index is 0.152. The Balaban J connectivity index is 2.45. The van der Waals surface area contributed by atoms with Gasteiger partial charge in [0.05, 0.1) is 9.79 Å². The van der Waals surface area contributed by atoms with E-state index in [1.54, 1.807) is 6.92 Å². The maximum atomic E-state index is 13.0. The number of benzene rings is 1. The van der Waals surface area contributed by atoms with Gasteiger partial charge in [0.2, 0.25) is 10.0 Å². The van der Waals surface area contributed by atoms with Crippen molar-refractivity contribution >= 4 is 20.2 Å². The zero-order valence-electron chi connectivity index (χ0n) is 11.2. The molecule has 0 N–H and O–H groups in total. The molecule has 0 aromatic heterocycles. The molecule has 1 aliphatic rings. The summed E-state index contributed by atoms with van der Waals surface area (Å²) in [4.78, 5) is -0.837. The quantitative estimate of drug-likeness (QED) is 0.795. The van der Waals surface area contributed by atoms with Gasteiger partial charge in [-0.3, -0.25) is 0 Å². The first kappa shape index (κ1) is 15.4. The second-order valence-corrected chi connectivity index (χ2v) is 8.41. The van der Waals surface area contributed by atoms with Gasteiger partial charge in [0.25, 0.3) is 0 Å². The molecule has 0 aliphatic carbocycles. The summed E-state index contributed by atoms with van der Waals surface area (Å²) < 4.78 is 61.0. The number of hydrogen-bond acceptors (Lipinski definition) is 4. The van der Waals surface area contributed by atoms with Crippen LogP contribution in [0.2, 0.25) is 0 Å². The van der Waals surface area contributed by atoms with Crippen LogP contribution in [0.4, 0.5) is 3.89 Å². The lowest BCUT2D eigenvalue weighted by Gasteiger charge is -2.21. The molecule has 2 atom stereocenters. The number of halogens is 1. The van der Waals surface area contributed by atoms with Crippen LogP contribution in [0.25, 0.3) is 0 Å². The van der Waals surface area contributed by atoms with Gasteiger partial charge in [-0.25, -0.2) is 8.42 Å². The fourth-order valence-electron chi connectivity index (χ4n) is 2.52. The molecular formula is C12H16FNO4S2. The van der Waals surface area contributed by atoms with Crippen molar-refractivity contribution in [1.29, 1.82) is 0 Å². The van der Waals surface area contributed by atoms with Crippen LogP contribution in [-0.2, 0) is 20.2 Å². The van der Waals surface area contributed by atoms with Gasteiger partial charge in [-0.05, 0) is 37.5 Å². The van der Waals surface area contributed by atoms with Crippen molar-refractivity contribution in [3.63, 3.8) is 0 Å². The van der Waals surface area contributed by atoms with Crippen molar-refractivity contribution in [3.8, 4) is 0 Å². The number of sulfonamides is 1. The Hall–Kier alpha value is -0.990. The molecular weight excluding hydrogens is 305 g/mol. The zero-order valence-corrected chi connectivity index (χ0v) is 12.8. The van der Waals surface area contributed by atoms with Crippen LogP contribution in [0.15, 0.2) is 34.1 Å². The Labute approximate surface area is 118 Å². The van der Waals surface area contributed by atoms with Crippen molar-refractivity contribution in [3.05, 3.63) is 24.3 Å². The molecule has 0 saturated carbocycles. The molecule has 2 unspecified atom stereocenters. The summed E-state index contributed by atoms with van der Waals surface area (Å²) in [5.41, 5.74) is 0. The highest BCUT2D eigenvalue weighted by Gasteiger charge is 2.36. The van der Waals surface area contributed by atoms with Crippen molar-refractivity contribution < 1.29 is 20.7 Å². The molecule has 8 heteroatoms. The van der Waals surface area contributed by atoms with Crippen LogP contribution in [0, 0.1) is 5.92 Å². The number of rotatable bonds is 3. The molecule has 112 valence electrons. The van der Waals surface area contributed by atoms with Crippen molar-refractivity contribution in [2.45, 2.75) is 36.1 Å². The largest absolute Gasteiger partial charge is 0.332 e. The lowest BCUT2D eigenvalue weighted by atomic mass is 10.1. The molecule has 1 heterocycles. The molecule has 5 nitrogen and oxygen atoms in total. The number of hydrogen-bond donors (Lipinski definition) is 0. The zero-order chi connectivity index (χ0) is 15.1. The molecule has 1 aromatic rings. The van der Waals surface area contributed by atoms with Crippen LogP contribution in [0.5, 0.6) is 0 Å². The summed E-state index contributed by atoms with van der Waals surface area (Å²) in [5, 5.41) is 0. The average Bonchev–Trinajstić information content (AvgIpc) is 2.68. The van der Waals surface area contributed by atoms with Crippen LogP contribution >= 0.6 is 0 Å². The topological polar surface area (TPSA) is 71.5 Å². The first-order chi connectivity index (χ1) is 9.12. The molecule has 20 heavy (non-hydrogen) atoms. The van der Waals surface area contributed by atoms with Crippen molar-refractivity contribution in [2.75, 3.05) is 6.54 Å². The number of nitrogens with zero attached hydrogens (tertiary/aromatic N) is 1. The average molecular weight is 321 g/mol. The van der Waals surface area contributed by atoms with Gasteiger partial charge in [-0.2, -0.15) is 12.7 Å². The second kappa shape index (κ2) is 5.09. The van der Waals surface area contributed by atoms with E-state index in [-0.39, 0.29) is 16.9 Å². The fourth-order valence-corrected chi connectivity index (χ4v) is 4.91. The third kappa shape index (κ3) is 2.87. The molecule has 0 radical (unpaired) electrons. The molecule has 0 bridgehead atoms. The van der Waals surface area contributed by atoms with E-state index < -0.39 is 25.1 Å². The Morgan fingerprint density at radius 2 is 1.75 bits per heavy atom. The summed E-state index contributed by atoms with van der Waals surface area (Å²) in [6, 6.07) is 4.24. The smallest absolute Gasteiger partial charge is 0.207 e. The van der Waals surface area contributed by atoms with Crippen molar-refractivity contribution in [2.24, 2.45) is 5.92 Å². The van der Waals surface area contributed by atoms with E-state index in [1.165, 1.54) is 16.4 Å². The second-order valence-electron chi connectivity index (χ2n) is 5.18. The van der Waals surface area contributed by atoms with Gasteiger partial charge in [-0.15, -0.1) is 3.89 Å². The monoisotopic (exact) mass is 321 g/mol. The molecule has 1 saturated heterocycles. The van der Waals surface area contributed by atoms with Crippen LogP contribution in [0.1, 0.15) is 20.3 Å². The van der Waals surface area contributed by atoms with Gasteiger partial charge in [0, 0.05) is 12.6 Å². The van der Waals surface area contributed by atoms with Gasteiger partial charge >= 0.3 is 10.2 Å². The fraction of sp³-hybridized carbons (Fsp3) is 0.500. The third-order valence-corrected chi connectivity index (χ3v) is 6.21. The lowest BCUT2D eigenvalue weighted by molar-refractivity contribution is 0.405. The van der Waals surface area contributed by atoms with E-state index in [1.807, 2.05) is 6.92 Å². The molecule has 2 rings (SSSR count).